The van der Waals surface area contributed by atoms with Gasteiger partial charge in [-0.1, -0.05) is 72.3 Å². The fraction of sp³-hybridized carbons (Fsp3) is 0.207. The van der Waals surface area contributed by atoms with Gasteiger partial charge in [-0.2, -0.15) is 0 Å². The summed E-state index contributed by atoms with van der Waals surface area (Å²) in [6, 6.07) is 22.1. The topological polar surface area (TPSA) is 119 Å². The minimum atomic E-state index is -4.01. The van der Waals surface area contributed by atoms with Gasteiger partial charge in [-0.15, -0.1) is 0 Å². The molecule has 1 N–H and O–H groups in total. The number of amides is 2. The molecule has 1 saturated heterocycles. The van der Waals surface area contributed by atoms with Crippen LogP contribution in [-0.2, 0) is 41.0 Å². The minimum Gasteiger partial charge on any atom is -0.497 e. The molecule has 1 heterocycles. The summed E-state index contributed by atoms with van der Waals surface area (Å²) in [5.74, 6) is -1.46. The lowest BCUT2D eigenvalue weighted by atomic mass is 10.0. The number of esters is 1. The summed E-state index contributed by atoms with van der Waals surface area (Å²) in [4.78, 5) is 40.3. The van der Waals surface area contributed by atoms with Gasteiger partial charge < -0.3 is 14.8 Å². The van der Waals surface area contributed by atoms with Crippen LogP contribution >= 0.6 is 22.4 Å². The number of hydrogen-bond donors (Lipinski definition) is 1. The van der Waals surface area contributed by atoms with Crippen molar-refractivity contribution in [1.82, 2.24) is 10.2 Å². The van der Waals surface area contributed by atoms with Gasteiger partial charge in [0.25, 0.3) is 5.91 Å². The molecular formula is C29H27ClN2O7S2. The number of hydrogen-bond acceptors (Lipinski definition) is 8. The second-order valence-corrected chi connectivity index (χ2v) is 13.5. The summed E-state index contributed by atoms with van der Waals surface area (Å²) < 4.78 is 37.1. The van der Waals surface area contributed by atoms with Crippen molar-refractivity contribution >= 4 is 49.0 Å². The second kappa shape index (κ2) is 13.2. The van der Waals surface area contributed by atoms with Crippen molar-refractivity contribution in [2.75, 3.05) is 7.11 Å². The first-order valence-electron chi connectivity index (χ1n) is 12.4. The smallest absolute Gasteiger partial charge is 0.356 e. The van der Waals surface area contributed by atoms with Crippen molar-refractivity contribution in [3.8, 4) is 5.75 Å². The van der Waals surface area contributed by atoms with E-state index in [9.17, 15) is 22.8 Å². The fourth-order valence-electron chi connectivity index (χ4n) is 4.06. The standard InChI is InChI=1S/C29H27ClN2O7S2/c1-19(30)26(29(35)39-18-21-13-15-22(38-2)16-14-21)32-27(34)25(31-24(33)17-20-9-5-3-6-10-20)28(32)40-41(36,37)23-11-7-4-8-12-23/h3-16,25,28H,17-18H2,1-2H3,(H,31,33)/b26-19+/t25-,28-/m1/s1. The predicted molar refractivity (Wildman–Crippen MR) is 155 cm³/mol. The number of nitrogens with one attached hydrogen (secondary N) is 1. The Morgan fingerprint density at radius 2 is 1.56 bits per heavy atom. The van der Waals surface area contributed by atoms with E-state index >= 15 is 0 Å². The van der Waals surface area contributed by atoms with Crippen molar-refractivity contribution in [3.63, 3.8) is 0 Å². The average molecular weight is 615 g/mol. The summed E-state index contributed by atoms with van der Waals surface area (Å²) >= 11 is 6.27. The number of methoxy groups -OCH3 is 1. The van der Waals surface area contributed by atoms with E-state index in [-0.39, 0.29) is 28.7 Å². The number of nitrogens with zero attached hydrogens (tertiary/aromatic N) is 1. The van der Waals surface area contributed by atoms with Crippen LogP contribution in [0.2, 0.25) is 0 Å². The molecule has 2 atom stereocenters. The number of carbonyl (C=O) groups excluding carboxylic acids is 3. The number of halogens is 1. The van der Waals surface area contributed by atoms with Crippen LogP contribution in [0.5, 0.6) is 5.75 Å². The van der Waals surface area contributed by atoms with Gasteiger partial charge in [-0.3, -0.25) is 14.5 Å². The molecule has 1 aliphatic rings. The van der Waals surface area contributed by atoms with Gasteiger partial charge in [0.15, 0.2) is 0 Å². The third kappa shape index (κ3) is 7.29. The lowest BCUT2D eigenvalue weighted by Crippen LogP contribution is -2.69. The summed E-state index contributed by atoms with van der Waals surface area (Å²) in [6.45, 7) is 1.27. The van der Waals surface area contributed by atoms with Gasteiger partial charge in [0.2, 0.25) is 14.8 Å². The number of β-lactam (4-membered cyclic amide) rings is 1. The molecule has 2 amide bonds. The molecule has 3 aromatic rings. The van der Waals surface area contributed by atoms with Gasteiger partial charge in [0.05, 0.1) is 18.4 Å². The highest BCUT2D eigenvalue weighted by Gasteiger charge is 2.54. The third-order valence-corrected chi connectivity index (χ3v) is 10.0. The Labute approximate surface area is 246 Å². The van der Waals surface area contributed by atoms with E-state index in [1.165, 1.54) is 26.2 Å². The van der Waals surface area contributed by atoms with Crippen LogP contribution in [0.3, 0.4) is 0 Å². The predicted octanol–water partition coefficient (Wildman–Crippen LogP) is 4.23. The van der Waals surface area contributed by atoms with Crippen LogP contribution in [0, 0.1) is 0 Å². The third-order valence-electron chi connectivity index (χ3n) is 6.11. The van der Waals surface area contributed by atoms with E-state index in [4.69, 9.17) is 21.1 Å². The SMILES string of the molecule is COc1ccc(COC(=O)/C(=C(/C)Cl)N2C(=O)[C@@H](NC(=O)Cc3ccccc3)[C@H]2SS(=O)(=O)c2ccccc2)cc1. The molecule has 0 aromatic heterocycles. The Morgan fingerprint density at radius 3 is 2.15 bits per heavy atom. The lowest BCUT2D eigenvalue weighted by molar-refractivity contribution is -0.153. The first-order chi connectivity index (χ1) is 19.6. The zero-order valence-corrected chi connectivity index (χ0v) is 24.5. The molecule has 9 nitrogen and oxygen atoms in total. The minimum absolute atomic E-state index is 0.00821. The molecule has 12 heteroatoms. The molecule has 0 spiro atoms. The Bertz CT molecular complexity index is 1540. The first-order valence-corrected chi connectivity index (χ1v) is 15.7. The van der Waals surface area contributed by atoms with Gasteiger partial charge in [0.1, 0.15) is 29.5 Å². The van der Waals surface area contributed by atoms with Crippen molar-refractivity contribution in [2.24, 2.45) is 0 Å². The van der Waals surface area contributed by atoms with Crippen LogP contribution in [0.15, 0.2) is 101 Å². The van der Waals surface area contributed by atoms with Gasteiger partial charge in [-0.25, -0.2) is 13.2 Å². The van der Waals surface area contributed by atoms with E-state index in [2.05, 4.69) is 5.32 Å². The van der Waals surface area contributed by atoms with E-state index in [1.807, 2.05) is 6.07 Å². The molecule has 1 fully saturated rings. The molecular weight excluding hydrogens is 588 g/mol. The number of allylic oxidation sites excluding steroid dienone is 1. The first kappa shape index (κ1) is 30.2. The fourth-order valence-corrected chi connectivity index (χ4v) is 7.71. The van der Waals surface area contributed by atoms with Crippen molar-refractivity contribution in [1.29, 1.82) is 0 Å². The second-order valence-electron chi connectivity index (χ2n) is 8.98. The molecule has 1 aliphatic heterocycles. The monoisotopic (exact) mass is 614 g/mol. The van der Waals surface area contributed by atoms with Crippen LogP contribution in [0.4, 0.5) is 0 Å². The number of rotatable bonds is 11. The van der Waals surface area contributed by atoms with Gasteiger partial charge >= 0.3 is 5.97 Å². The van der Waals surface area contributed by atoms with Crippen molar-refractivity contribution < 1.29 is 32.3 Å². The Hall–Kier alpha value is -3.80. The molecule has 41 heavy (non-hydrogen) atoms. The maximum Gasteiger partial charge on any atom is 0.356 e. The molecule has 4 rings (SSSR count). The lowest BCUT2D eigenvalue weighted by Gasteiger charge is -2.46. The van der Waals surface area contributed by atoms with Gasteiger partial charge in [0, 0.05) is 15.8 Å². The highest BCUT2D eigenvalue weighted by Crippen LogP contribution is 2.40. The Kier molecular flexibility index (Phi) is 9.74. The average Bonchev–Trinajstić information content (AvgIpc) is 2.97. The zero-order chi connectivity index (χ0) is 29.6. The maximum absolute atomic E-state index is 13.4. The Balaban J connectivity index is 1.57. The molecule has 0 aliphatic carbocycles. The van der Waals surface area contributed by atoms with Crippen LogP contribution in [0.1, 0.15) is 18.1 Å². The molecule has 214 valence electrons. The Morgan fingerprint density at radius 1 is 0.951 bits per heavy atom. The van der Waals surface area contributed by atoms with E-state index in [1.54, 1.807) is 66.7 Å². The number of benzene rings is 3. The summed E-state index contributed by atoms with van der Waals surface area (Å²) in [5, 5.41) is 1.36. The normalized spacial score (nSPS) is 17.2. The van der Waals surface area contributed by atoms with E-state index in [0.717, 1.165) is 4.90 Å². The van der Waals surface area contributed by atoms with E-state index in [0.29, 0.717) is 27.7 Å². The summed E-state index contributed by atoms with van der Waals surface area (Å²) in [6.07, 6.45) is -0.0193. The maximum atomic E-state index is 13.4. The molecule has 0 unspecified atom stereocenters. The summed E-state index contributed by atoms with van der Waals surface area (Å²) in [7, 11) is -2.04. The molecule has 0 saturated carbocycles. The molecule has 3 aromatic carbocycles. The van der Waals surface area contributed by atoms with Gasteiger partial charge in [-0.05, 0) is 42.3 Å². The van der Waals surface area contributed by atoms with E-state index < -0.39 is 38.1 Å². The quantitative estimate of drug-likeness (QED) is 0.148. The summed E-state index contributed by atoms with van der Waals surface area (Å²) in [5.41, 5.74) is 1.07. The van der Waals surface area contributed by atoms with Crippen LogP contribution in [-0.4, -0.2) is 49.6 Å². The number of carbonyl (C=O) groups is 3. The van der Waals surface area contributed by atoms with Crippen molar-refractivity contribution in [2.45, 2.75) is 36.3 Å². The zero-order valence-electron chi connectivity index (χ0n) is 22.2. The number of ether oxygens (including phenoxy) is 2. The number of likely N-dealkylation sites (tertiary alicyclic amines) is 1. The molecule has 0 bridgehead atoms. The molecule has 0 radical (unpaired) electrons. The van der Waals surface area contributed by atoms with Crippen molar-refractivity contribution in [3.05, 3.63) is 107 Å². The van der Waals surface area contributed by atoms with Crippen LogP contribution < -0.4 is 10.1 Å². The largest absolute Gasteiger partial charge is 0.497 e. The highest BCUT2D eigenvalue weighted by molar-refractivity contribution is 8.72. The highest BCUT2D eigenvalue weighted by atomic mass is 35.5. The van der Waals surface area contributed by atoms with Crippen LogP contribution in [0.25, 0.3) is 0 Å².